The van der Waals surface area contributed by atoms with Crippen LogP contribution in [0.3, 0.4) is 0 Å². The zero-order valence-electron chi connectivity index (χ0n) is 24.1. The van der Waals surface area contributed by atoms with Crippen molar-refractivity contribution in [2.24, 2.45) is 4.99 Å². The number of fused-ring (bicyclic) bond motifs is 1. The van der Waals surface area contributed by atoms with Crippen LogP contribution < -0.4 is 24.9 Å². The second-order valence-corrected chi connectivity index (χ2v) is 10.9. The number of carbonyl (C=O) groups excluding carboxylic acids is 2. The Labute approximate surface area is 256 Å². The van der Waals surface area contributed by atoms with Crippen molar-refractivity contribution in [3.8, 4) is 17.1 Å². The van der Waals surface area contributed by atoms with Gasteiger partial charge in [0.05, 0.1) is 41.6 Å². The Morgan fingerprint density at radius 2 is 1.75 bits per heavy atom. The number of esters is 1. The van der Waals surface area contributed by atoms with Crippen molar-refractivity contribution in [2.75, 3.05) is 19.5 Å². The largest absolute Gasteiger partial charge is 0.497 e. The number of hydrogen-bond acceptors (Lipinski definition) is 8. The fourth-order valence-corrected chi connectivity index (χ4v) is 6.18. The van der Waals surface area contributed by atoms with Crippen molar-refractivity contribution in [1.29, 1.82) is 0 Å². The first kappa shape index (κ1) is 28.6. The smallest absolute Gasteiger partial charge is 0.338 e. The minimum absolute atomic E-state index is 0.327. The molecule has 1 aliphatic rings. The Kier molecular flexibility index (Phi) is 7.82. The molecule has 3 heterocycles. The number of para-hydroxylation sites is 1. The van der Waals surface area contributed by atoms with Gasteiger partial charge in [-0.2, -0.15) is 0 Å². The maximum Gasteiger partial charge on any atom is 0.338 e. The van der Waals surface area contributed by atoms with E-state index in [0.29, 0.717) is 60.3 Å². The standard InChI is InChI=1S/C34H27N3O6S/c1-20-29(31(38)36-22-11-5-4-6-12-22)30(21-10-9-13-23(18-21)41-2)37-32(39)28(44-34(37)35-20)19-24-16-17-27(43-24)25-14-7-8-15-26(25)33(40)42-3/h4-19,30H,1-3H3,(H,36,38)/b28-19+. The molecule has 10 heteroatoms. The summed E-state index contributed by atoms with van der Waals surface area (Å²) in [6, 6.07) is 26.1. The summed E-state index contributed by atoms with van der Waals surface area (Å²) in [4.78, 5) is 45.2. The van der Waals surface area contributed by atoms with Crippen molar-refractivity contribution in [1.82, 2.24) is 4.57 Å². The van der Waals surface area contributed by atoms with E-state index in [0.717, 1.165) is 0 Å². The molecule has 1 unspecified atom stereocenters. The Morgan fingerprint density at radius 1 is 0.977 bits per heavy atom. The van der Waals surface area contributed by atoms with Gasteiger partial charge in [0.1, 0.15) is 17.3 Å². The van der Waals surface area contributed by atoms with Crippen molar-refractivity contribution >= 4 is 35.0 Å². The number of nitrogens with one attached hydrogen (secondary N) is 1. The van der Waals surface area contributed by atoms with E-state index in [2.05, 4.69) is 5.32 Å². The lowest BCUT2D eigenvalue weighted by atomic mass is 9.95. The van der Waals surface area contributed by atoms with Gasteiger partial charge in [0.25, 0.3) is 11.5 Å². The van der Waals surface area contributed by atoms with Gasteiger partial charge < -0.3 is 19.2 Å². The molecule has 1 N–H and O–H groups in total. The minimum atomic E-state index is -0.758. The molecule has 0 radical (unpaired) electrons. The van der Waals surface area contributed by atoms with E-state index >= 15 is 0 Å². The van der Waals surface area contributed by atoms with E-state index in [1.54, 1.807) is 74.7 Å². The molecule has 5 aromatic rings. The molecule has 0 spiro atoms. The number of benzene rings is 3. The van der Waals surface area contributed by atoms with Gasteiger partial charge in [0.2, 0.25) is 0 Å². The molecule has 3 aromatic carbocycles. The third-order valence-electron chi connectivity index (χ3n) is 7.21. The molecule has 0 aliphatic carbocycles. The van der Waals surface area contributed by atoms with Gasteiger partial charge in [-0.15, -0.1) is 0 Å². The molecule has 1 aliphatic heterocycles. The molecule has 0 bridgehead atoms. The van der Waals surface area contributed by atoms with Crippen LogP contribution in [0.15, 0.2) is 116 Å². The lowest BCUT2D eigenvalue weighted by molar-refractivity contribution is -0.113. The number of thiazole rings is 1. The highest BCUT2D eigenvalue weighted by atomic mass is 32.1. The summed E-state index contributed by atoms with van der Waals surface area (Å²) in [5.74, 6) is 0.624. The highest BCUT2D eigenvalue weighted by molar-refractivity contribution is 7.07. The number of amides is 1. The van der Waals surface area contributed by atoms with Gasteiger partial charge >= 0.3 is 5.97 Å². The molecule has 2 aromatic heterocycles. The second kappa shape index (κ2) is 12.0. The molecule has 1 amide bonds. The number of anilines is 1. The zero-order valence-corrected chi connectivity index (χ0v) is 24.9. The Balaban J connectivity index is 1.45. The van der Waals surface area contributed by atoms with E-state index in [9.17, 15) is 14.4 Å². The molecule has 6 rings (SSSR count). The number of methoxy groups -OCH3 is 2. The lowest BCUT2D eigenvalue weighted by Gasteiger charge is -2.25. The summed E-state index contributed by atoms with van der Waals surface area (Å²) in [6.07, 6.45) is 1.64. The van der Waals surface area contributed by atoms with Gasteiger partial charge in [0, 0.05) is 17.3 Å². The first-order valence-corrected chi connectivity index (χ1v) is 14.5. The predicted molar refractivity (Wildman–Crippen MR) is 167 cm³/mol. The summed E-state index contributed by atoms with van der Waals surface area (Å²) in [6.45, 7) is 1.77. The molecule has 0 saturated carbocycles. The highest BCUT2D eigenvalue weighted by Crippen LogP contribution is 2.32. The van der Waals surface area contributed by atoms with Crippen LogP contribution in [0.1, 0.15) is 34.6 Å². The summed E-state index contributed by atoms with van der Waals surface area (Å²) < 4.78 is 18.3. The summed E-state index contributed by atoms with van der Waals surface area (Å²) in [5, 5.41) is 2.95. The van der Waals surface area contributed by atoms with E-state index < -0.39 is 12.0 Å². The molecule has 0 fully saturated rings. The minimum Gasteiger partial charge on any atom is -0.497 e. The summed E-state index contributed by atoms with van der Waals surface area (Å²) >= 11 is 1.20. The fourth-order valence-electron chi connectivity index (χ4n) is 5.15. The predicted octanol–water partition coefficient (Wildman–Crippen LogP) is 4.93. The monoisotopic (exact) mass is 605 g/mol. The van der Waals surface area contributed by atoms with Crippen LogP contribution in [0.4, 0.5) is 5.69 Å². The first-order chi connectivity index (χ1) is 21.4. The van der Waals surface area contributed by atoms with E-state index in [1.807, 2.05) is 36.4 Å². The number of rotatable bonds is 7. The Bertz CT molecular complexity index is 2110. The first-order valence-electron chi connectivity index (χ1n) is 13.7. The third-order valence-corrected chi connectivity index (χ3v) is 8.19. The molecule has 9 nitrogen and oxygen atoms in total. The maximum absolute atomic E-state index is 14.0. The lowest BCUT2D eigenvalue weighted by Crippen LogP contribution is -2.40. The molecular formula is C34H27N3O6S. The SMILES string of the molecule is COC(=O)c1ccccc1-c1ccc(/C=c2/sc3n(c2=O)C(c2cccc(OC)c2)C(C(=O)Nc2ccccc2)=C(C)N=3)o1. The molecular weight excluding hydrogens is 578 g/mol. The maximum atomic E-state index is 14.0. The number of furan rings is 1. The van der Waals surface area contributed by atoms with E-state index in [4.69, 9.17) is 18.9 Å². The number of allylic oxidation sites excluding steroid dienone is 1. The molecule has 0 saturated heterocycles. The quantitative estimate of drug-likeness (QED) is 0.264. The number of hydrogen-bond donors (Lipinski definition) is 1. The normalized spacial score (nSPS) is 14.5. The fraction of sp³-hybridized carbons (Fsp3) is 0.118. The van der Waals surface area contributed by atoms with Crippen LogP contribution in [0, 0.1) is 0 Å². The highest BCUT2D eigenvalue weighted by Gasteiger charge is 2.33. The molecule has 220 valence electrons. The Morgan fingerprint density at radius 3 is 2.52 bits per heavy atom. The van der Waals surface area contributed by atoms with Crippen LogP contribution in [0.25, 0.3) is 17.4 Å². The van der Waals surface area contributed by atoms with Gasteiger partial charge in [-0.1, -0.05) is 59.9 Å². The van der Waals surface area contributed by atoms with Crippen molar-refractivity contribution in [3.63, 3.8) is 0 Å². The van der Waals surface area contributed by atoms with Gasteiger partial charge in [-0.3, -0.25) is 14.2 Å². The number of carbonyl (C=O) groups is 2. The van der Waals surface area contributed by atoms with Crippen molar-refractivity contribution in [2.45, 2.75) is 13.0 Å². The van der Waals surface area contributed by atoms with Crippen LogP contribution in [0.5, 0.6) is 5.75 Å². The molecule has 1 atom stereocenters. The second-order valence-electron chi connectivity index (χ2n) is 9.92. The number of nitrogens with zero attached hydrogens (tertiary/aromatic N) is 2. The van der Waals surface area contributed by atoms with Crippen LogP contribution >= 0.6 is 11.3 Å². The van der Waals surface area contributed by atoms with Crippen LogP contribution in [-0.2, 0) is 9.53 Å². The number of ether oxygens (including phenoxy) is 2. The van der Waals surface area contributed by atoms with Crippen LogP contribution in [0.2, 0.25) is 0 Å². The van der Waals surface area contributed by atoms with Crippen molar-refractivity contribution in [3.05, 3.63) is 139 Å². The Hall–Kier alpha value is -5.48. The number of aromatic nitrogens is 1. The van der Waals surface area contributed by atoms with E-state index in [1.165, 1.54) is 23.0 Å². The average Bonchev–Trinajstić information content (AvgIpc) is 3.64. The third kappa shape index (κ3) is 5.38. The van der Waals surface area contributed by atoms with Gasteiger partial charge in [-0.05, 0) is 55.0 Å². The summed E-state index contributed by atoms with van der Waals surface area (Å²) in [5.41, 5.74) is 2.78. The van der Waals surface area contributed by atoms with Crippen LogP contribution in [-0.4, -0.2) is 30.7 Å². The summed E-state index contributed by atoms with van der Waals surface area (Å²) in [7, 11) is 2.89. The van der Waals surface area contributed by atoms with Crippen molar-refractivity contribution < 1.29 is 23.5 Å². The van der Waals surface area contributed by atoms with Gasteiger partial charge in [0.15, 0.2) is 4.80 Å². The zero-order chi connectivity index (χ0) is 30.8. The molecule has 44 heavy (non-hydrogen) atoms. The topological polar surface area (TPSA) is 112 Å². The van der Waals surface area contributed by atoms with E-state index in [-0.39, 0.29) is 11.5 Å². The van der Waals surface area contributed by atoms with Gasteiger partial charge in [-0.25, -0.2) is 9.79 Å². The average molecular weight is 606 g/mol.